The van der Waals surface area contributed by atoms with Crippen molar-refractivity contribution in [3.8, 4) is 5.75 Å². The van der Waals surface area contributed by atoms with E-state index < -0.39 is 0 Å². The zero-order valence-corrected chi connectivity index (χ0v) is 15.2. The molecule has 1 N–H and O–H groups in total. The van der Waals surface area contributed by atoms with Gasteiger partial charge in [-0.05, 0) is 48.6 Å². The lowest BCUT2D eigenvalue weighted by atomic mass is 9.96. The highest BCUT2D eigenvalue weighted by atomic mass is 16.5. The van der Waals surface area contributed by atoms with E-state index in [1.165, 1.54) is 16.8 Å². The average molecular weight is 349 g/mol. The van der Waals surface area contributed by atoms with E-state index in [1.807, 2.05) is 12.1 Å². The van der Waals surface area contributed by atoms with Gasteiger partial charge in [0, 0.05) is 12.2 Å². The number of fused-ring (bicyclic) bond motifs is 2. The number of ether oxygens (including phenoxy) is 1. The molecule has 4 rings (SSSR count). The number of aromatic nitrogens is 2. The number of nitrogens with zero attached hydrogens (tertiary/aromatic N) is 2. The summed E-state index contributed by atoms with van der Waals surface area (Å²) in [5.74, 6) is 1.36. The molecule has 0 amide bonds. The number of hydrogen-bond donors (Lipinski definition) is 1. The summed E-state index contributed by atoms with van der Waals surface area (Å²) in [6.45, 7) is 3.78. The predicted molar refractivity (Wildman–Crippen MR) is 104 cm³/mol. The summed E-state index contributed by atoms with van der Waals surface area (Å²) in [4.78, 5) is 22.5. The van der Waals surface area contributed by atoms with Gasteiger partial charge in [-0.25, -0.2) is 4.98 Å². The summed E-state index contributed by atoms with van der Waals surface area (Å²) in [6, 6.07) is 12.0. The molecule has 5 heteroatoms. The molecule has 0 aliphatic carbocycles. The molecule has 1 aliphatic rings. The largest absolute Gasteiger partial charge is 0.497 e. The molecule has 0 radical (unpaired) electrons. The van der Waals surface area contributed by atoms with Gasteiger partial charge in [-0.2, -0.15) is 0 Å². The lowest BCUT2D eigenvalue weighted by Gasteiger charge is -2.33. The highest BCUT2D eigenvalue weighted by molar-refractivity contribution is 5.79. The van der Waals surface area contributed by atoms with Crippen LogP contribution in [0.5, 0.6) is 5.75 Å². The first-order valence-electron chi connectivity index (χ1n) is 9.12. The zero-order valence-electron chi connectivity index (χ0n) is 15.2. The molecular weight excluding hydrogens is 326 g/mol. The van der Waals surface area contributed by atoms with Crippen molar-refractivity contribution in [1.82, 2.24) is 9.97 Å². The summed E-state index contributed by atoms with van der Waals surface area (Å²) in [6.07, 6.45) is 3.23. The van der Waals surface area contributed by atoms with E-state index in [2.05, 4.69) is 40.0 Å². The van der Waals surface area contributed by atoms with Gasteiger partial charge in [-0.3, -0.25) is 4.79 Å². The highest BCUT2D eigenvalue weighted by Crippen LogP contribution is 2.32. The van der Waals surface area contributed by atoms with E-state index in [9.17, 15) is 4.79 Å². The molecule has 2 aromatic carbocycles. The number of nitrogens with one attached hydrogen (secondary N) is 1. The third-order valence-electron chi connectivity index (χ3n) is 5.08. The van der Waals surface area contributed by atoms with Crippen LogP contribution in [0.4, 0.5) is 5.69 Å². The lowest BCUT2D eigenvalue weighted by molar-refractivity contribution is 0.415. The summed E-state index contributed by atoms with van der Waals surface area (Å²) >= 11 is 0. The van der Waals surface area contributed by atoms with Gasteiger partial charge in [0.05, 0.1) is 24.6 Å². The molecule has 0 atom stereocenters. The second-order valence-electron chi connectivity index (χ2n) is 6.70. The Morgan fingerprint density at radius 3 is 2.96 bits per heavy atom. The average Bonchev–Trinajstić information content (AvgIpc) is 2.67. The Morgan fingerprint density at radius 1 is 1.27 bits per heavy atom. The van der Waals surface area contributed by atoms with Crippen molar-refractivity contribution in [2.45, 2.75) is 32.7 Å². The van der Waals surface area contributed by atoms with Crippen molar-refractivity contribution >= 4 is 16.6 Å². The summed E-state index contributed by atoms with van der Waals surface area (Å²) in [5.41, 5.74) is 4.65. The van der Waals surface area contributed by atoms with Crippen molar-refractivity contribution < 1.29 is 4.74 Å². The third-order valence-corrected chi connectivity index (χ3v) is 5.08. The molecule has 1 aromatic heterocycles. The second-order valence-corrected chi connectivity index (χ2v) is 6.70. The maximum absolute atomic E-state index is 12.5. The number of aromatic amines is 1. The predicted octanol–water partition coefficient (Wildman–Crippen LogP) is 3.45. The van der Waals surface area contributed by atoms with Crippen molar-refractivity contribution in [1.29, 1.82) is 0 Å². The molecule has 0 bridgehead atoms. The van der Waals surface area contributed by atoms with Crippen LogP contribution < -0.4 is 15.2 Å². The molecule has 0 saturated heterocycles. The number of para-hydroxylation sites is 1. The van der Waals surface area contributed by atoms with Gasteiger partial charge in [0.15, 0.2) is 0 Å². The Labute approximate surface area is 152 Å². The van der Waals surface area contributed by atoms with Crippen LogP contribution in [0.25, 0.3) is 10.9 Å². The molecule has 3 aromatic rings. The van der Waals surface area contributed by atoms with Crippen LogP contribution in [0.3, 0.4) is 0 Å². The molecule has 1 aliphatic heterocycles. The van der Waals surface area contributed by atoms with Crippen LogP contribution in [0.2, 0.25) is 0 Å². The van der Waals surface area contributed by atoms with Gasteiger partial charge in [0.2, 0.25) is 0 Å². The molecule has 134 valence electrons. The first kappa shape index (κ1) is 16.6. The van der Waals surface area contributed by atoms with Gasteiger partial charge >= 0.3 is 0 Å². The van der Waals surface area contributed by atoms with Gasteiger partial charge in [0.25, 0.3) is 5.56 Å². The first-order valence-corrected chi connectivity index (χ1v) is 9.12. The van der Waals surface area contributed by atoms with Crippen LogP contribution in [0, 0.1) is 0 Å². The van der Waals surface area contributed by atoms with E-state index in [0.717, 1.165) is 25.8 Å². The maximum Gasteiger partial charge on any atom is 0.258 e. The van der Waals surface area contributed by atoms with Crippen molar-refractivity contribution in [2.24, 2.45) is 0 Å². The fourth-order valence-corrected chi connectivity index (χ4v) is 3.82. The number of anilines is 1. The number of hydrogen-bond acceptors (Lipinski definition) is 4. The molecule has 26 heavy (non-hydrogen) atoms. The van der Waals surface area contributed by atoms with Gasteiger partial charge < -0.3 is 14.6 Å². The second kappa shape index (κ2) is 6.83. The number of rotatable bonds is 4. The van der Waals surface area contributed by atoms with Gasteiger partial charge in [0.1, 0.15) is 11.6 Å². The Balaban J connectivity index is 1.72. The minimum absolute atomic E-state index is 0.120. The van der Waals surface area contributed by atoms with E-state index in [-0.39, 0.29) is 5.56 Å². The number of methoxy groups -OCH3 is 1. The van der Waals surface area contributed by atoms with Crippen LogP contribution in [0.1, 0.15) is 30.3 Å². The number of benzene rings is 2. The molecule has 0 spiro atoms. The van der Waals surface area contributed by atoms with Gasteiger partial charge in [-0.1, -0.05) is 25.1 Å². The maximum atomic E-state index is 12.5. The van der Waals surface area contributed by atoms with E-state index >= 15 is 0 Å². The highest BCUT2D eigenvalue weighted by Gasteiger charge is 2.20. The molecule has 0 fully saturated rings. The molecule has 2 heterocycles. The minimum Gasteiger partial charge on any atom is -0.497 e. The Morgan fingerprint density at radius 2 is 2.15 bits per heavy atom. The summed E-state index contributed by atoms with van der Waals surface area (Å²) in [5, 5.41) is 0.557. The molecule has 0 saturated carbocycles. The Kier molecular flexibility index (Phi) is 4.37. The van der Waals surface area contributed by atoms with E-state index in [4.69, 9.17) is 4.74 Å². The monoisotopic (exact) mass is 349 g/mol. The fraction of sp³-hybridized carbons (Fsp3) is 0.333. The van der Waals surface area contributed by atoms with Crippen molar-refractivity contribution in [3.05, 3.63) is 63.7 Å². The van der Waals surface area contributed by atoms with E-state index in [0.29, 0.717) is 29.0 Å². The van der Waals surface area contributed by atoms with Crippen molar-refractivity contribution in [3.63, 3.8) is 0 Å². The molecule has 5 nitrogen and oxygen atoms in total. The zero-order chi connectivity index (χ0) is 18.1. The molecular formula is C21H23N3O2. The van der Waals surface area contributed by atoms with E-state index in [1.54, 1.807) is 13.2 Å². The fourth-order valence-electron chi connectivity index (χ4n) is 3.82. The number of aryl methyl sites for hydroxylation is 2. The lowest BCUT2D eigenvalue weighted by Crippen LogP contribution is -2.31. The minimum atomic E-state index is -0.120. The summed E-state index contributed by atoms with van der Waals surface area (Å²) in [7, 11) is 1.59. The Bertz CT molecular complexity index is 996. The molecule has 0 unspecified atom stereocenters. The van der Waals surface area contributed by atoms with Crippen LogP contribution in [0.15, 0.2) is 41.2 Å². The SMILES string of the molecule is CCc1cccc2c1N(Cc1nc3ccc(OC)cc3c(=O)[nH]1)CCC2. The van der Waals surface area contributed by atoms with Crippen molar-refractivity contribution in [2.75, 3.05) is 18.6 Å². The van der Waals surface area contributed by atoms with Crippen LogP contribution in [-0.2, 0) is 19.4 Å². The van der Waals surface area contributed by atoms with Crippen LogP contribution >= 0.6 is 0 Å². The smallest absolute Gasteiger partial charge is 0.258 e. The first-order chi connectivity index (χ1) is 12.7. The topological polar surface area (TPSA) is 58.2 Å². The third kappa shape index (κ3) is 2.94. The standard InChI is InChI=1S/C21H23N3O2/c1-3-14-6-4-7-15-8-5-11-24(20(14)15)13-19-22-18-10-9-16(26-2)12-17(18)21(25)23-19/h4,6-7,9-10,12H,3,5,8,11,13H2,1-2H3,(H,22,23,25). The Hall–Kier alpha value is -2.82. The normalized spacial score (nSPS) is 13.7. The quantitative estimate of drug-likeness (QED) is 0.784. The number of H-pyrrole nitrogens is 1. The summed E-state index contributed by atoms with van der Waals surface area (Å²) < 4.78 is 5.20. The van der Waals surface area contributed by atoms with Gasteiger partial charge in [-0.15, -0.1) is 0 Å². The van der Waals surface area contributed by atoms with Crippen LogP contribution in [-0.4, -0.2) is 23.6 Å².